The van der Waals surface area contributed by atoms with Crippen LogP contribution in [0.3, 0.4) is 0 Å². The Balaban J connectivity index is 2.00. The molecular formula is C22H31NO3. The molecule has 0 aliphatic carbocycles. The quantitative estimate of drug-likeness (QED) is 0.665. The number of aliphatic hydroxyl groups is 1. The van der Waals surface area contributed by atoms with E-state index in [9.17, 15) is 5.11 Å². The fraction of sp³-hybridized carbons (Fsp3) is 0.455. The van der Waals surface area contributed by atoms with E-state index in [0.717, 1.165) is 24.4 Å². The predicted octanol–water partition coefficient (Wildman–Crippen LogP) is 3.73. The van der Waals surface area contributed by atoms with E-state index >= 15 is 0 Å². The van der Waals surface area contributed by atoms with Gasteiger partial charge < -0.3 is 14.6 Å². The second kappa shape index (κ2) is 11.0. The van der Waals surface area contributed by atoms with Gasteiger partial charge in [-0.25, -0.2) is 0 Å². The van der Waals surface area contributed by atoms with Crippen molar-refractivity contribution >= 4 is 0 Å². The minimum atomic E-state index is -0.511. The summed E-state index contributed by atoms with van der Waals surface area (Å²) in [6.45, 7) is 7.33. The summed E-state index contributed by atoms with van der Waals surface area (Å²) < 4.78 is 10.9. The fourth-order valence-corrected chi connectivity index (χ4v) is 2.85. The van der Waals surface area contributed by atoms with Gasteiger partial charge in [0.15, 0.2) is 0 Å². The molecule has 26 heavy (non-hydrogen) atoms. The summed E-state index contributed by atoms with van der Waals surface area (Å²) >= 11 is 0. The maximum Gasteiger partial charge on any atom is 0.119 e. The molecule has 0 aromatic heterocycles. The lowest BCUT2D eigenvalue weighted by Crippen LogP contribution is -2.34. The van der Waals surface area contributed by atoms with Crippen molar-refractivity contribution in [3.63, 3.8) is 0 Å². The van der Waals surface area contributed by atoms with E-state index in [2.05, 4.69) is 36.9 Å². The van der Waals surface area contributed by atoms with Gasteiger partial charge >= 0.3 is 0 Å². The van der Waals surface area contributed by atoms with Crippen molar-refractivity contribution in [1.82, 2.24) is 4.90 Å². The van der Waals surface area contributed by atoms with Crippen molar-refractivity contribution in [2.24, 2.45) is 5.92 Å². The molecule has 2 aromatic rings. The highest BCUT2D eigenvalue weighted by molar-refractivity contribution is 5.28. The van der Waals surface area contributed by atoms with Crippen molar-refractivity contribution in [1.29, 1.82) is 0 Å². The predicted molar refractivity (Wildman–Crippen MR) is 105 cm³/mol. The van der Waals surface area contributed by atoms with Crippen molar-refractivity contribution in [2.75, 3.05) is 26.9 Å². The molecule has 1 atom stereocenters. The van der Waals surface area contributed by atoms with E-state index in [-0.39, 0.29) is 0 Å². The largest absolute Gasteiger partial charge is 0.497 e. The highest BCUT2D eigenvalue weighted by atomic mass is 16.5. The first-order valence-electron chi connectivity index (χ1n) is 9.22. The van der Waals surface area contributed by atoms with Gasteiger partial charge in [-0.1, -0.05) is 56.3 Å². The van der Waals surface area contributed by atoms with Gasteiger partial charge in [-0.05, 0) is 29.2 Å². The molecule has 1 N–H and O–H groups in total. The first-order chi connectivity index (χ1) is 12.6. The molecule has 4 nitrogen and oxygen atoms in total. The summed E-state index contributed by atoms with van der Waals surface area (Å²) in [5.74, 6) is 1.32. The zero-order valence-electron chi connectivity index (χ0n) is 16.1. The third kappa shape index (κ3) is 7.56. The van der Waals surface area contributed by atoms with Gasteiger partial charge in [0.1, 0.15) is 5.75 Å². The van der Waals surface area contributed by atoms with Gasteiger partial charge in [0, 0.05) is 26.2 Å². The smallest absolute Gasteiger partial charge is 0.119 e. The molecule has 4 heteroatoms. The Bertz CT molecular complexity index is 630. The molecule has 0 aliphatic heterocycles. The van der Waals surface area contributed by atoms with E-state index in [1.807, 2.05) is 36.4 Å². The van der Waals surface area contributed by atoms with Gasteiger partial charge in [-0.3, -0.25) is 4.90 Å². The minimum absolute atomic E-state index is 0.363. The normalized spacial score (nSPS) is 12.5. The second-order valence-corrected chi connectivity index (χ2v) is 7.09. The molecule has 0 aliphatic rings. The van der Waals surface area contributed by atoms with Gasteiger partial charge in [-0.2, -0.15) is 0 Å². The molecule has 2 aromatic carbocycles. The van der Waals surface area contributed by atoms with E-state index in [4.69, 9.17) is 9.47 Å². The molecule has 0 saturated heterocycles. The number of hydrogen-bond acceptors (Lipinski definition) is 4. The summed E-state index contributed by atoms with van der Waals surface area (Å²) in [6.07, 6.45) is -0.511. The molecule has 0 amide bonds. The zero-order chi connectivity index (χ0) is 18.8. The molecule has 2 rings (SSSR count). The Morgan fingerprint density at radius 3 is 2.31 bits per heavy atom. The molecule has 0 bridgehead atoms. The summed E-state index contributed by atoms with van der Waals surface area (Å²) in [5.41, 5.74) is 2.39. The molecule has 0 unspecified atom stereocenters. The number of benzene rings is 2. The number of nitrogens with zero attached hydrogens (tertiary/aromatic N) is 1. The Morgan fingerprint density at radius 2 is 1.62 bits per heavy atom. The molecule has 0 fully saturated rings. The third-order valence-corrected chi connectivity index (χ3v) is 4.02. The standard InChI is InChI=1S/C22H31NO3/c1-18(2)16-26-17-21(24)15-23(13-19-8-5-4-6-9-19)14-20-10-7-11-22(12-20)25-3/h4-12,18,21,24H,13-17H2,1-3H3/t21-/m1/s1. The number of rotatable bonds is 11. The first-order valence-corrected chi connectivity index (χ1v) is 9.22. The van der Waals surface area contributed by atoms with Gasteiger partial charge in [0.2, 0.25) is 0 Å². The topological polar surface area (TPSA) is 41.9 Å². The molecule has 0 spiro atoms. The van der Waals surface area contributed by atoms with Crippen LogP contribution in [0.25, 0.3) is 0 Å². The number of aliphatic hydroxyl groups excluding tert-OH is 1. The Kier molecular flexibility index (Phi) is 8.62. The minimum Gasteiger partial charge on any atom is -0.497 e. The third-order valence-electron chi connectivity index (χ3n) is 4.02. The molecule has 0 heterocycles. The van der Waals surface area contributed by atoms with E-state index in [0.29, 0.717) is 25.7 Å². The van der Waals surface area contributed by atoms with Crippen LogP contribution in [0.15, 0.2) is 54.6 Å². The lowest BCUT2D eigenvalue weighted by atomic mass is 10.1. The van der Waals surface area contributed by atoms with Crippen LogP contribution in [0, 0.1) is 5.92 Å². The fourth-order valence-electron chi connectivity index (χ4n) is 2.85. The monoisotopic (exact) mass is 357 g/mol. The highest BCUT2D eigenvalue weighted by Crippen LogP contribution is 2.16. The maximum absolute atomic E-state index is 10.4. The van der Waals surface area contributed by atoms with Crippen LogP contribution >= 0.6 is 0 Å². The van der Waals surface area contributed by atoms with Crippen molar-refractivity contribution < 1.29 is 14.6 Å². The first kappa shape index (κ1) is 20.4. The zero-order valence-corrected chi connectivity index (χ0v) is 16.1. The number of ether oxygens (including phenoxy) is 2. The average Bonchev–Trinajstić information content (AvgIpc) is 2.62. The van der Waals surface area contributed by atoms with Crippen LogP contribution in [0.4, 0.5) is 0 Å². The lowest BCUT2D eigenvalue weighted by molar-refractivity contribution is 0.00554. The van der Waals surface area contributed by atoms with Crippen LogP contribution in [-0.2, 0) is 17.8 Å². The Hall–Kier alpha value is -1.88. The van der Waals surface area contributed by atoms with Crippen LogP contribution < -0.4 is 4.74 Å². The van der Waals surface area contributed by atoms with Gasteiger partial charge in [0.25, 0.3) is 0 Å². The van der Waals surface area contributed by atoms with E-state index in [1.54, 1.807) is 7.11 Å². The Morgan fingerprint density at radius 1 is 0.923 bits per heavy atom. The average molecular weight is 357 g/mol. The number of hydrogen-bond donors (Lipinski definition) is 1. The molecule has 0 saturated carbocycles. The van der Waals surface area contributed by atoms with Gasteiger partial charge in [-0.15, -0.1) is 0 Å². The van der Waals surface area contributed by atoms with Crippen LogP contribution in [-0.4, -0.2) is 43.0 Å². The number of methoxy groups -OCH3 is 1. The molecular weight excluding hydrogens is 326 g/mol. The Labute approximate surface area is 157 Å². The molecule has 0 radical (unpaired) electrons. The van der Waals surface area contributed by atoms with Crippen LogP contribution in [0.2, 0.25) is 0 Å². The van der Waals surface area contributed by atoms with Crippen molar-refractivity contribution in [3.8, 4) is 5.75 Å². The highest BCUT2D eigenvalue weighted by Gasteiger charge is 2.14. The van der Waals surface area contributed by atoms with E-state index < -0.39 is 6.10 Å². The lowest BCUT2D eigenvalue weighted by Gasteiger charge is -2.25. The summed E-state index contributed by atoms with van der Waals surface area (Å²) in [6, 6.07) is 18.4. The SMILES string of the molecule is COc1cccc(CN(Cc2ccccc2)C[C@@H](O)COCC(C)C)c1. The maximum atomic E-state index is 10.4. The van der Waals surface area contributed by atoms with Crippen LogP contribution in [0.1, 0.15) is 25.0 Å². The van der Waals surface area contributed by atoms with Crippen molar-refractivity contribution in [3.05, 3.63) is 65.7 Å². The summed E-state index contributed by atoms with van der Waals surface area (Å²) in [4.78, 5) is 2.24. The van der Waals surface area contributed by atoms with E-state index in [1.165, 1.54) is 5.56 Å². The molecule has 142 valence electrons. The van der Waals surface area contributed by atoms with Crippen molar-refractivity contribution in [2.45, 2.75) is 33.0 Å². The summed E-state index contributed by atoms with van der Waals surface area (Å²) in [5, 5.41) is 10.4. The summed E-state index contributed by atoms with van der Waals surface area (Å²) in [7, 11) is 1.68. The van der Waals surface area contributed by atoms with Gasteiger partial charge in [0.05, 0.1) is 19.8 Å². The second-order valence-electron chi connectivity index (χ2n) is 7.09. The van der Waals surface area contributed by atoms with Crippen LogP contribution in [0.5, 0.6) is 5.75 Å².